The number of carbonyl (C=O) groups excluding carboxylic acids is 2. The SMILES string of the molecule is CC(C)(CC(N)=O)NC(=O)Nc1ccc(C(=O)O)c(O)c1. The van der Waals surface area contributed by atoms with E-state index in [-0.39, 0.29) is 17.7 Å². The van der Waals surface area contributed by atoms with Gasteiger partial charge in [0.25, 0.3) is 0 Å². The second-order valence-corrected chi connectivity index (χ2v) is 5.14. The highest BCUT2D eigenvalue weighted by Gasteiger charge is 2.23. The quantitative estimate of drug-likeness (QED) is 0.547. The molecule has 0 aromatic heterocycles. The first kappa shape index (κ1) is 16.3. The molecule has 0 aliphatic heterocycles. The summed E-state index contributed by atoms with van der Waals surface area (Å²) in [5.74, 6) is -2.29. The highest BCUT2D eigenvalue weighted by atomic mass is 16.4. The van der Waals surface area contributed by atoms with Crippen LogP contribution in [0.1, 0.15) is 30.6 Å². The molecule has 21 heavy (non-hydrogen) atoms. The molecule has 0 atom stereocenters. The smallest absolute Gasteiger partial charge is 0.339 e. The van der Waals surface area contributed by atoms with Gasteiger partial charge in [-0.1, -0.05) is 0 Å². The van der Waals surface area contributed by atoms with Crippen LogP contribution in [0.5, 0.6) is 5.75 Å². The molecule has 0 heterocycles. The average molecular weight is 295 g/mol. The topological polar surface area (TPSA) is 142 Å². The third kappa shape index (κ3) is 5.01. The monoisotopic (exact) mass is 295 g/mol. The van der Waals surface area contributed by atoms with E-state index in [1.807, 2.05) is 0 Å². The van der Waals surface area contributed by atoms with Crippen molar-refractivity contribution in [3.05, 3.63) is 23.8 Å². The van der Waals surface area contributed by atoms with Crippen LogP contribution in [0.3, 0.4) is 0 Å². The number of nitrogens with one attached hydrogen (secondary N) is 2. The summed E-state index contributed by atoms with van der Waals surface area (Å²) in [7, 11) is 0. The number of anilines is 1. The lowest BCUT2D eigenvalue weighted by Gasteiger charge is -2.24. The van der Waals surface area contributed by atoms with Gasteiger partial charge in [-0.25, -0.2) is 9.59 Å². The summed E-state index contributed by atoms with van der Waals surface area (Å²) in [4.78, 5) is 33.4. The first-order valence-corrected chi connectivity index (χ1v) is 6.04. The van der Waals surface area contributed by atoms with Crippen molar-refractivity contribution in [1.82, 2.24) is 5.32 Å². The van der Waals surface area contributed by atoms with E-state index in [0.29, 0.717) is 0 Å². The van der Waals surface area contributed by atoms with Gasteiger partial charge in [0, 0.05) is 23.7 Å². The number of hydrogen-bond donors (Lipinski definition) is 5. The minimum absolute atomic E-state index is 0.0381. The van der Waals surface area contributed by atoms with Gasteiger partial charge in [-0.05, 0) is 26.0 Å². The summed E-state index contributed by atoms with van der Waals surface area (Å²) in [5, 5.41) is 23.3. The van der Waals surface area contributed by atoms with Crippen LogP contribution in [0.25, 0.3) is 0 Å². The first-order chi connectivity index (χ1) is 9.60. The van der Waals surface area contributed by atoms with Gasteiger partial charge < -0.3 is 26.6 Å². The Hall–Kier alpha value is -2.77. The maximum absolute atomic E-state index is 11.8. The predicted octanol–water partition coefficient (Wildman–Crippen LogP) is 0.866. The van der Waals surface area contributed by atoms with Gasteiger partial charge in [-0.15, -0.1) is 0 Å². The Morgan fingerprint density at radius 1 is 1.29 bits per heavy atom. The molecule has 1 aromatic carbocycles. The average Bonchev–Trinajstić information content (AvgIpc) is 2.24. The first-order valence-electron chi connectivity index (χ1n) is 6.04. The normalized spacial score (nSPS) is 10.8. The van der Waals surface area contributed by atoms with Crippen LogP contribution in [0, 0.1) is 0 Å². The van der Waals surface area contributed by atoms with Crippen molar-refractivity contribution in [2.24, 2.45) is 5.73 Å². The number of carboxylic acid groups (broad SMARTS) is 1. The highest BCUT2D eigenvalue weighted by Crippen LogP contribution is 2.22. The lowest BCUT2D eigenvalue weighted by Crippen LogP contribution is -2.47. The van der Waals surface area contributed by atoms with Crippen molar-refractivity contribution in [1.29, 1.82) is 0 Å². The van der Waals surface area contributed by atoms with Crippen LogP contribution in [0.2, 0.25) is 0 Å². The van der Waals surface area contributed by atoms with Gasteiger partial charge in [0.15, 0.2) is 0 Å². The van der Waals surface area contributed by atoms with Crippen molar-refractivity contribution in [3.8, 4) is 5.75 Å². The molecular weight excluding hydrogens is 278 g/mol. The molecule has 6 N–H and O–H groups in total. The second-order valence-electron chi connectivity index (χ2n) is 5.14. The van der Waals surface area contributed by atoms with Crippen LogP contribution >= 0.6 is 0 Å². The molecule has 0 radical (unpaired) electrons. The molecule has 0 fully saturated rings. The third-order valence-electron chi connectivity index (χ3n) is 2.55. The molecule has 0 bridgehead atoms. The van der Waals surface area contributed by atoms with Crippen LogP contribution in [-0.2, 0) is 4.79 Å². The third-order valence-corrected chi connectivity index (χ3v) is 2.55. The van der Waals surface area contributed by atoms with E-state index < -0.39 is 29.2 Å². The standard InChI is InChI=1S/C13H17N3O5/c1-13(2,6-10(14)18)16-12(21)15-7-3-4-8(11(19)20)9(17)5-7/h3-5,17H,6H2,1-2H3,(H2,14,18)(H,19,20)(H2,15,16,21). The molecule has 8 heteroatoms. The van der Waals surface area contributed by atoms with E-state index in [2.05, 4.69) is 10.6 Å². The van der Waals surface area contributed by atoms with Gasteiger partial charge in [0.05, 0.1) is 0 Å². The molecule has 0 aliphatic rings. The minimum atomic E-state index is -1.27. The maximum Gasteiger partial charge on any atom is 0.339 e. The van der Waals surface area contributed by atoms with E-state index >= 15 is 0 Å². The summed E-state index contributed by atoms with van der Waals surface area (Å²) >= 11 is 0. The lowest BCUT2D eigenvalue weighted by molar-refractivity contribution is -0.119. The van der Waals surface area contributed by atoms with Crippen LogP contribution < -0.4 is 16.4 Å². The number of rotatable bonds is 5. The Kier molecular flexibility index (Phi) is 4.75. The number of aromatic carboxylic acids is 1. The molecule has 0 aliphatic carbocycles. The Labute approximate surface area is 120 Å². The molecule has 0 saturated heterocycles. The fourth-order valence-corrected chi connectivity index (χ4v) is 1.74. The summed E-state index contributed by atoms with van der Waals surface area (Å²) in [5.41, 5.74) is 4.18. The number of amides is 3. The number of urea groups is 1. The van der Waals surface area contributed by atoms with Gasteiger partial charge in [-0.2, -0.15) is 0 Å². The second kappa shape index (κ2) is 6.12. The largest absolute Gasteiger partial charge is 0.507 e. The molecule has 8 nitrogen and oxygen atoms in total. The van der Waals surface area contributed by atoms with Gasteiger partial charge in [0.1, 0.15) is 11.3 Å². The number of carbonyl (C=O) groups is 3. The molecule has 1 aromatic rings. The number of aromatic hydroxyl groups is 1. The van der Waals surface area contributed by atoms with Crippen LogP contribution in [-0.4, -0.2) is 33.7 Å². The number of hydrogen-bond acceptors (Lipinski definition) is 4. The van der Waals surface area contributed by atoms with E-state index in [4.69, 9.17) is 10.8 Å². The van der Waals surface area contributed by atoms with Gasteiger partial charge in [0.2, 0.25) is 5.91 Å². The zero-order valence-corrected chi connectivity index (χ0v) is 11.6. The Morgan fingerprint density at radius 3 is 2.38 bits per heavy atom. The Bertz CT molecular complexity index is 583. The molecule has 1 rings (SSSR count). The minimum Gasteiger partial charge on any atom is -0.507 e. The predicted molar refractivity (Wildman–Crippen MR) is 75.1 cm³/mol. The van der Waals surface area contributed by atoms with Crippen molar-refractivity contribution < 1.29 is 24.6 Å². The van der Waals surface area contributed by atoms with E-state index in [9.17, 15) is 19.5 Å². The fraction of sp³-hybridized carbons (Fsp3) is 0.308. The molecular formula is C13H17N3O5. The van der Waals surface area contributed by atoms with Crippen LogP contribution in [0.4, 0.5) is 10.5 Å². The van der Waals surface area contributed by atoms with Gasteiger partial charge >= 0.3 is 12.0 Å². The van der Waals surface area contributed by atoms with E-state index in [0.717, 1.165) is 6.07 Å². The Morgan fingerprint density at radius 2 is 1.90 bits per heavy atom. The fourth-order valence-electron chi connectivity index (χ4n) is 1.74. The lowest BCUT2D eigenvalue weighted by atomic mass is 10.0. The molecule has 0 unspecified atom stereocenters. The molecule has 3 amide bonds. The molecule has 0 spiro atoms. The van der Waals surface area contributed by atoms with E-state index in [1.54, 1.807) is 13.8 Å². The summed E-state index contributed by atoms with van der Waals surface area (Å²) in [6.45, 7) is 3.25. The maximum atomic E-state index is 11.8. The van der Waals surface area contributed by atoms with Gasteiger partial charge in [-0.3, -0.25) is 4.79 Å². The zero-order valence-electron chi connectivity index (χ0n) is 11.6. The zero-order chi connectivity index (χ0) is 16.2. The van der Waals surface area contributed by atoms with Crippen LogP contribution in [0.15, 0.2) is 18.2 Å². The van der Waals surface area contributed by atoms with Crippen molar-refractivity contribution in [2.75, 3.05) is 5.32 Å². The number of carboxylic acids is 1. The van der Waals surface area contributed by atoms with Crippen molar-refractivity contribution in [3.63, 3.8) is 0 Å². The summed E-state index contributed by atoms with van der Waals surface area (Å²) in [6, 6.07) is 3.01. The Balaban J connectivity index is 2.73. The number of primary amides is 1. The summed E-state index contributed by atoms with van der Waals surface area (Å²) < 4.78 is 0. The highest BCUT2D eigenvalue weighted by molar-refractivity contribution is 5.94. The molecule has 114 valence electrons. The van der Waals surface area contributed by atoms with Crippen molar-refractivity contribution >= 4 is 23.6 Å². The number of nitrogens with two attached hydrogens (primary N) is 1. The van der Waals surface area contributed by atoms with E-state index in [1.165, 1.54) is 12.1 Å². The van der Waals surface area contributed by atoms with Crippen molar-refractivity contribution in [2.45, 2.75) is 25.8 Å². The number of benzene rings is 1. The molecule has 0 saturated carbocycles. The summed E-state index contributed by atoms with van der Waals surface area (Å²) in [6.07, 6.45) is -0.0381. The number of phenols is 1.